The lowest BCUT2D eigenvalue weighted by atomic mass is 10.1. The third-order valence-corrected chi connectivity index (χ3v) is 5.87. The largest absolute Gasteiger partial charge is 0.353 e. The van der Waals surface area contributed by atoms with Gasteiger partial charge in [0, 0.05) is 32.5 Å². The Labute approximate surface area is 175 Å². The van der Waals surface area contributed by atoms with E-state index in [1.807, 2.05) is 46.7 Å². The average molecular weight is 414 g/mol. The Bertz CT molecular complexity index is 808. The van der Waals surface area contributed by atoms with Crippen LogP contribution in [0, 0.1) is 0 Å². The van der Waals surface area contributed by atoms with Gasteiger partial charge in [-0.1, -0.05) is 42.8 Å². The molecule has 154 valence electrons. The molecule has 1 atom stereocenters. The van der Waals surface area contributed by atoms with Gasteiger partial charge in [0.15, 0.2) is 0 Å². The fourth-order valence-corrected chi connectivity index (χ4v) is 4.04. The Hall–Kier alpha value is -2.67. The van der Waals surface area contributed by atoms with Gasteiger partial charge in [-0.05, 0) is 29.9 Å². The van der Waals surface area contributed by atoms with Crippen LogP contribution in [0.2, 0.25) is 0 Å². The standard InChI is InChI=1S/C22H27N3O3S/c26-20-11-5-2-6-13-25(20)14-12-23-21(27)18(16-17-8-3-1-4-9-17)24-22(28)19-10-7-15-29-19/h1,3-4,7-10,15,18H,2,5-6,11-14,16H2,(H,23,27)(H,24,28). The highest BCUT2D eigenvalue weighted by Crippen LogP contribution is 2.11. The van der Waals surface area contributed by atoms with Crippen LogP contribution in [-0.2, 0) is 16.0 Å². The Morgan fingerprint density at radius 3 is 2.66 bits per heavy atom. The lowest BCUT2D eigenvalue weighted by Crippen LogP contribution is -2.49. The van der Waals surface area contributed by atoms with Crippen LogP contribution in [0.25, 0.3) is 0 Å². The highest BCUT2D eigenvalue weighted by atomic mass is 32.1. The molecule has 2 N–H and O–H groups in total. The van der Waals surface area contributed by atoms with Crippen molar-refractivity contribution in [1.82, 2.24) is 15.5 Å². The number of likely N-dealkylation sites (tertiary alicyclic amines) is 1. The molecular formula is C22H27N3O3S. The monoisotopic (exact) mass is 413 g/mol. The second-order valence-corrected chi connectivity index (χ2v) is 8.12. The van der Waals surface area contributed by atoms with Crippen LogP contribution >= 0.6 is 11.3 Å². The molecule has 29 heavy (non-hydrogen) atoms. The minimum atomic E-state index is -0.674. The molecule has 1 unspecified atom stereocenters. The molecule has 1 aromatic carbocycles. The zero-order valence-electron chi connectivity index (χ0n) is 16.4. The molecule has 0 saturated carbocycles. The van der Waals surface area contributed by atoms with Gasteiger partial charge in [0.25, 0.3) is 5.91 Å². The molecule has 1 aliphatic heterocycles. The van der Waals surface area contributed by atoms with Crippen LogP contribution in [0.15, 0.2) is 47.8 Å². The van der Waals surface area contributed by atoms with Crippen LogP contribution in [-0.4, -0.2) is 48.3 Å². The Morgan fingerprint density at radius 1 is 1.07 bits per heavy atom. The number of thiophene rings is 1. The molecule has 7 heteroatoms. The van der Waals surface area contributed by atoms with E-state index >= 15 is 0 Å². The van der Waals surface area contributed by atoms with Crippen LogP contribution in [0.1, 0.15) is 40.9 Å². The minimum absolute atomic E-state index is 0.156. The number of carbonyl (C=O) groups excluding carboxylic acids is 3. The highest BCUT2D eigenvalue weighted by molar-refractivity contribution is 7.12. The zero-order chi connectivity index (χ0) is 20.5. The van der Waals surface area contributed by atoms with E-state index in [-0.39, 0.29) is 17.7 Å². The second-order valence-electron chi connectivity index (χ2n) is 7.18. The van der Waals surface area contributed by atoms with Crippen molar-refractivity contribution in [3.05, 3.63) is 58.3 Å². The Balaban J connectivity index is 1.58. The van der Waals surface area contributed by atoms with E-state index in [1.54, 1.807) is 6.07 Å². The molecule has 0 radical (unpaired) electrons. The molecule has 1 saturated heterocycles. The van der Waals surface area contributed by atoms with Gasteiger partial charge in [-0.15, -0.1) is 11.3 Å². The minimum Gasteiger partial charge on any atom is -0.353 e. The SMILES string of the molecule is O=C(NC(Cc1ccccc1)C(=O)NCCN1CCCCCC1=O)c1cccs1. The summed E-state index contributed by atoms with van der Waals surface area (Å²) < 4.78 is 0. The van der Waals surface area contributed by atoms with Gasteiger partial charge in [-0.3, -0.25) is 14.4 Å². The van der Waals surface area contributed by atoms with Gasteiger partial charge < -0.3 is 15.5 Å². The molecule has 1 fully saturated rings. The number of nitrogens with one attached hydrogen (secondary N) is 2. The predicted molar refractivity (Wildman–Crippen MR) is 114 cm³/mol. The summed E-state index contributed by atoms with van der Waals surface area (Å²) in [4.78, 5) is 39.8. The molecule has 0 spiro atoms. The van der Waals surface area contributed by atoms with Crippen molar-refractivity contribution in [2.75, 3.05) is 19.6 Å². The fourth-order valence-electron chi connectivity index (χ4n) is 3.41. The molecule has 6 nitrogen and oxygen atoms in total. The van der Waals surface area contributed by atoms with E-state index in [4.69, 9.17) is 0 Å². The Morgan fingerprint density at radius 2 is 1.90 bits per heavy atom. The first kappa shape index (κ1) is 21.0. The van der Waals surface area contributed by atoms with Crippen molar-refractivity contribution in [2.24, 2.45) is 0 Å². The van der Waals surface area contributed by atoms with Crippen molar-refractivity contribution in [2.45, 2.75) is 38.1 Å². The number of benzene rings is 1. The molecule has 0 aliphatic carbocycles. The van der Waals surface area contributed by atoms with Crippen LogP contribution < -0.4 is 10.6 Å². The number of amides is 3. The van der Waals surface area contributed by atoms with E-state index < -0.39 is 6.04 Å². The normalized spacial score (nSPS) is 15.4. The molecule has 1 aromatic heterocycles. The third kappa shape index (κ3) is 6.42. The summed E-state index contributed by atoms with van der Waals surface area (Å²) >= 11 is 1.34. The van der Waals surface area contributed by atoms with E-state index in [0.29, 0.717) is 30.8 Å². The van der Waals surface area contributed by atoms with Gasteiger partial charge in [0.1, 0.15) is 6.04 Å². The lowest BCUT2D eigenvalue weighted by Gasteiger charge is -2.22. The van der Waals surface area contributed by atoms with Crippen LogP contribution in [0.4, 0.5) is 0 Å². The average Bonchev–Trinajstić information content (AvgIpc) is 3.19. The first-order valence-corrected chi connectivity index (χ1v) is 11.0. The first-order valence-electron chi connectivity index (χ1n) is 10.1. The molecule has 2 heterocycles. The maximum atomic E-state index is 12.8. The Kier molecular flexibility index (Phi) is 7.81. The van der Waals surface area contributed by atoms with E-state index in [1.165, 1.54) is 11.3 Å². The summed E-state index contributed by atoms with van der Waals surface area (Å²) in [6.45, 7) is 1.63. The van der Waals surface area contributed by atoms with E-state index in [0.717, 1.165) is 31.4 Å². The quantitative estimate of drug-likeness (QED) is 0.698. The van der Waals surface area contributed by atoms with Crippen molar-refractivity contribution < 1.29 is 14.4 Å². The van der Waals surface area contributed by atoms with E-state index in [9.17, 15) is 14.4 Å². The van der Waals surface area contributed by atoms with Crippen molar-refractivity contribution in [3.8, 4) is 0 Å². The first-order chi connectivity index (χ1) is 14.1. The fraction of sp³-hybridized carbons (Fsp3) is 0.409. The highest BCUT2D eigenvalue weighted by Gasteiger charge is 2.23. The summed E-state index contributed by atoms with van der Waals surface area (Å²) in [5, 5.41) is 7.58. The van der Waals surface area contributed by atoms with Crippen molar-refractivity contribution in [1.29, 1.82) is 0 Å². The number of hydrogen-bond acceptors (Lipinski definition) is 4. The smallest absolute Gasteiger partial charge is 0.262 e. The lowest BCUT2D eigenvalue weighted by molar-refractivity contribution is -0.131. The predicted octanol–water partition coefficient (Wildman–Crippen LogP) is 2.61. The third-order valence-electron chi connectivity index (χ3n) is 5.00. The van der Waals surface area contributed by atoms with Gasteiger partial charge in [0.2, 0.25) is 11.8 Å². The van der Waals surface area contributed by atoms with Crippen LogP contribution in [0.5, 0.6) is 0 Å². The maximum Gasteiger partial charge on any atom is 0.262 e. The number of nitrogens with zero attached hydrogens (tertiary/aromatic N) is 1. The zero-order valence-corrected chi connectivity index (χ0v) is 17.2. The molecular weight excluding hydrogens is 386 g/mol. The molecule has 3 amide bonds. The van der Waals surface area contributed by atoms with Gasteiger partial charge in [0.05, 0.1) is 4.88 Å². The van der Waals surface area contributed by atoms with Gasteiger partial charge >= 0.3 is 0 Å². The number of rotatable bonds is 8. The topological polar surface area (TPSA) is 78.5 Å². The van der Waals surface area contributed by atoms with Crippen molar-refractivity contribution >= 4 is 29.1 Å². The maximum absolute atomic E-state index is 12.8. The summed E-state index contributed by atoms with van der Waals surface area (Å²) in [5.41, 5.74) is 0.974. The molecule has 0 bridgehead atoms. The van der Waals surface area contributed by atoms with E-state index in [2.05, 4.69) is 10.6 Å². The van der Waals surface area contributed by atoms with Gasteiger partial charge in [-0.25, -0.2) is 0 Å². The number of carbonyl (C=O) groups is 3. The van der Waals surface area contributed by atoms with Crippen molar-refractivity contribution in [3.63, 3.8) is 0 Å². The molecule has 1 aliphatic rings. The van der Waals surface area contributed by atoms with Gasteiger partial charge in [-0.2, -0.15) is 0 Å². The second kappa shape index (κ2) is 10.8. The summed E-state index contributed by atoms with van der Waals surface area (Å²) in [5.74, 6) is -0.330. The summed E-state index contributed by atoms with van der Waals surface area (Å²) in [6.07, 6.45) is 4.01. The number of hydrogen-bond donors (Lipinski definition) is 2. The molecule has 3 rings (SSSR count). The molecule has 2 aromatic rings. The summed E-state index contributed by atoms with van der Waals surface area (Å²) in [7, 11) is 0. The summed E-state index contributed by atoms with van der Waals surface area (Å²) in [6, 6.07) is 12.5. The van der Waals surface area contributed by atoms with Crippen LogP contribution in [0.3, 0.4) is 0 Å².